The van der Waals surface area contributed by atoms with E-state index in [0.717, 1.165) is 17.5 Å². The van der Waals surface area contributed by atoms with Crippen molar-refractivity contribution in [2.24, 2.45) is 0 Å². The highest BCUT2D eigenvalue weighted by molar-refractivity contribution is 5.74. The van der Waals surface area contributed by atoms with Gasteiger partial charge in [-0.3, -0.25) is 0 Å². The highest BCUT2D eigenvalue weighted by Crippen LogP contribution is 2.27. The van der Waals surface area contributed by atoms with E-state index in [2.05, 4.69) is 15.5 Å². The van der Waals surface area contributed by atoms with Crippen molar-refractivity contribution in [2.45, 2.75) is 25.8 Å². The van der Waals surface area contributed by atoms with Gasteiger partial charge in [0.25, 0.3) is 5.89 Å². The van der Waals surface area contributed by atoms with Gasteiger partial charge in [0, 0.05) is 31.1 Å². The largest absolute Gasteiger partial charge is 0.334 e. The Morgan fingerprint density at radius 1 is 1.19 bits per heavy atom. The summed E-state index contributed by atoms with van der Waals surface area (Å²) in [6.07, 6.45) is 0.839. The zero-order chi connectivity index (χ0) is 18.6. The Morgan fingerprint density at radius 2 is 1.96 bits per heavy atom. The molecular weight excluding hydrogens is 340 g/mol. The predicted molar refractivity (Wildman–Crippen MR) is 102 cm³/mol. The first-order valence-electron chi connectivity index (χ1n) is 9.16. The lowest BCUT2D eigenvalue weighted by atomic mass is 10.1. The van der Waals surface area contributed by atoms with Crippen molar-refractivity contribution in [3.63, 3.8) is 0 Å². The van der Waals surface area contributed by atoms with E-state index in [-0.39, 0.29) is 11.9 Å². The Bertz CT molecular complexity index is 905. The molecule has 0 aliphatic carbocycles. The molecule has 138 valence electrons. The number of nitrogens with one attached hydrogen (secondary N) is 1. The van der Waals surface area contributed by atoms with Gasteiger partial charge in [-0.25, -0.2) is 4.79 Å². The van der Waals surface area contributed by atoms with E-state index in [1.807, 2.05) is 66.4 Å². The molecule has 0 saturated carbocycles. The summed E-state index contributed by atoms with van der Waals surface area (Å²) in [5, 5.41) is 7.11. The molecule has 1 unspecified atom stereocenters. The molecule has 1 aliphatic rings. The molecule has 1 aromatic heterocycles. The van der Waals surface area contributed by atoms with Crippen LogP contribution in [0.1, 0.15) is 29.3 Å². The van der Waals surface area contributed by atoms with Crippen LogP contribution in [-0.2, 0) is 6.54 Å². The third-order valence-electron chi connectivity index (χ3n) is 4.87. The number of likely N-dealkylation sites (tertiary alicyclic amines) is 1. The van der Waals surface area contributed by atoms with E-state index in [4.69, 9.17) is 4.52 Å². The van der Waals surface area contributed by atoms with Gasteiger partial charge in [0.15, 0.2) is 5.82 Å². The van der Waals surface area contributed by atoms with Gasteiger partial charge in [0.1, 0.15) is 0 Å². The van der Waals surface area contributed by atoms with Gasteiger partial charge >= 0.3 is 6.03 Å². The van der Waals surface area contributed by atoms with E-state index >= 15 is 0 Å². The summed E-state index contributed by atoms with van der Waals surface area (Å²) in [4.78, 5) is 18.8. The van der Waals surface area contributed by atoms with Crippen molar-refractivity contribution in [1.82, 2.24) is 20.4 Å². The zero-order valence-corrected chi connectivity index (χ0v) is 15.3. The number of hydrogen-bond donors (Lipinski definition) is 1. The molecule has 6 heteroatoms. The Kier molecular flexibility index (Phi) is 4.87. The fourth-order valence-electron chi connectivity index (χ4n) is 3.25. The lowest BCUT2D eigenvalue weighted by molar-refractivity contribution is 0.207. The van der Waals surface area contributed by atoms with Crippen molar-refractivity contribution in [3.8, 4) is 11.5 Å². The molecule has 0 spiro atoms. The predicted octanol–water partition coefficient (Wildman–Crippen LogP) is 3.74. The van der Waals surface area contributed by atoms with E-state index in [0.29, 0.717) is 31.3 Å². The monoisotopic (exact) mass is 362 g/mol. The number of amides is 2. The lowest BCUT2D eigenvalue weighted by Gasteiger charge is -2.17. The maximum Gasteiger partial charge on any atom is 0.317 e. The van der Waals surface area contributed by atoms with Gasteiger partial charge in [-0.05, 0) is 31.0 Å². The Morgan fingerprint density at radius 3 is 2.74 bits per heavy atom. The molecule has 1 atom stereocenters. The summed E-state index contributed by atoms with van der Waals surface area (Å²) in [7, 11) is 0. The Hall–Kier alpha value is -3.15. The quantitative estimate of drug-likeness (QED) is 0.767. The third-order valence-corrected chi connectivity index (χ3v) is 4.87. The fourth-order valence-corrected chi connectivity index (χ4v) is 3.25. The van der Waals surface area contributed by atoms with Crippen molar-refractivity contribution >= 4 is 6.03 Å². The number of urea groups is 1. The first kappa shape index (κ1) is 17.3. The molecule has 1 fully saturated rings. The number of carbonyl (C=O) groups excluding carboxylic acids is 1. The first-order chi connectivity index (χ1) is 13.2. The normalized spacial score (nSPS) is 16.5. The second-order valence-corrected chi connectivity index (χ2v) is 6.90. The minimum absolute atomic E-state index is 0.0511. The molecule has 0 bridgehead atoms. The van der Waals surface area contributed by atoms with Crippen LogP contribution in [0.2, 0.25) is 0 Å². The summed E-state index contributed by atoms with van der Waals surface area (Å²) >= 11 is 0. The number of benzene rings is 2. The van der Waals surface area contributed by atoms with Crippen LogP contribution in [0.5, 0.6) is 0 Å². The highest BCUT2D eigenvalue weighted by Gasteiger charge is 2.30. The van der Waals surface area contributed by atoms with Gasteiger partial charge in [0.05, 0.1) is 0 Å². The molecular formula is C21H22N4O2. The van der Waals surface area contributed by atoms with Crippen molar-refractivity contribution in [1.29, 1.82) is 0 Å². The average molecular weight is 362 g/mol. The first-order valence-corrected chi connectivity index (χ1v) is 9.16. The van der Waals surface area contributed by atoms with E-state index in [9.17, 15) is 4.79 Å². The number of nitrogens with zero attached hydrogens (tertiary/aromatic N) is 3. The number of rotatable bonds is 4. The molecule has 1 aliphatic heterocycles. The lowest BCUT2D eigenvalue weighted by Crippen LogP contribution is -2.38. The molecule has 4 rings (SSSR count). The molecule has 1 N–H and O–H groups in total. The summed E-state index contributed by atoms with van der Waals surface area (Å²) in [5.74, 6) is 1.30. The van der Waals surface area contributed by atoms with Gasteiger partial charge < -0.3 is 14.7 Å². The van der Waals surface area contributed by atoms with Crippen molar-refractivity contribution in [3.05, 3.63) is 71.5 Å². The maximum atomic E-state index is 12.4. The van der Waals surface area contributed by atoms with Gasteiger partial charge in [-0.1, -0.05) is 53.2 Å². The van der Waals surface area contributed by atoms with E-state index < -0.39 is 0 Å². The van der Waals surface area contributed by atoms with Crippen molar-refractivity contribution < 1.29 is 9.32 Å². The maximum absolute atomic E-state index is 12.4. The molecule has 6 nitrogen and oxygen atoms in total. The van der Waals surface area contributed by atoms with E-state index in [1.165, 1.54) is 5.56 Å². The summed E-state index contributed by atoms with van der Waals surface area (Å²) < 4.78 is 5.39. The summed E-state index contributed by atoms with van der Waals surface area (Å²) in [5.41, 5.74) is 3.21. The van der Waals surface area contributed by atoms with Crippen LogP contribution >= 0.6 is 0 Å². The van der Waals surface area contributed by atoms with Crippen LogP contribution in [0.25, 0.3) is 11.5 Å². The van der Waals surface area contributed by atoms with E-state index in [1.54, 1.807) is 0 Å². The molecule has 1 saturated heterocycles. The van der Waals surface area contributed by atoms with Crippen LogP contribution in [0.15, 0.2) is 59.1 Å². The second-order valence-electron chi connectivity index (χ2n) is 6.90. The molecule has 2 aromatic carbocycles. The summed E-state index contributed by atoms with van der Waals surface area (Å²) in [6, 6.07) is 17.8. The molecule has 2 heterocycles. The smallest absolute Gasteiger partial charge is 0.317 e. The van der Waals surface area contributed by atoms with Crippen LogP contribution in [0.3, 0.4) is 0 Å². The Balaban J connectivity index is 1.34. The van der Waals surface area contributed by atoms with Crippen LogP contribution in [-0.4, -0.2) is 34.2 Å². The second kappa shape index (κ2) is 7.61. The van der Waals surface area contributed by atoms with Crippen LogP contribution in [0, 0.1) is 6.92 Å². The molecule has 0 radical (unpaired) electrons. The topological polar surface area (TPSA) is 71.3 Å². The number of hydrogen-bond acceptors (Lipinski definition) is 4. The van der Waals surface area contributed by atoms with Crippen LogP contribution in [0.4, 0.5) is 4.79 Å². The minimum Gasteiger partial charge on any atom is -0.334 e. The van der Waals surface area contributed by atoms with Crippen molar-refractivity contribution in [2.75, 3.05) is 13.1 Å². The number of aryl methyl sites for hydroxylation is 1. The summed E-state index contributed by atoms with van der Waals surface area (Å²) in [6.45, 7) is 3.88. The van der Waals surface area contributed by atoms with Gasteiger partial charge in [-0.15, -0.1) is 0 Å². The zero-order valence-electron chi connectivity index (χ0n) is 15.3. The number of carbonyl (C=O) groups is 1. The van der Waals surface area contributed by atoms with Gasteiger partial charge in [0.2, 0.25) is 0 Å². The SMILES string of the molecule is Cc1ccc(CNC(=O)N2CCC(c3noc(-c4ccccc4)n3)C2)cc1. The average Bonchev–Trinajstić information content (AvgIpc) is 3.37. The standard InChI is InChI=1S/C21H22N4O2/c1-15-7-9-16(10-8-15)13-22-21(26)25-12-11-18(14-25)19-23-20(27-24-19)17-5-3-2-4-6-17/h2-10,18H,11-14H2,1H3,(H,22,26). The fraction of sp³-hybridized carbons (Fsp3) is 0.286. The Labute approximate surface area is 158 Å². The van der Waals surface area contributed by atoms with Crippen LogP contribution < -0.4 is 5.32 Å². The van der Waals surface area contributed by atoms with Gasteiger partial charge in [-0.2, -0.15) is 4.98 Å². The minimum atomic E-state index is -0.0511. The number of aromatic nitrogens is 2. The highest BCUT2D eigenvalue weighted by atomic mass is 16.5. The molecule has 2 amide bonds. The third kappa shape index (κ3) is 4.00. The molecule has 27 heavy (non-hydrogen) atoms. The molecule has 3 aromatic rings.